The fraction of sp³-hybridized carbons (Fsp3) is 0.292. The first-order valence-corrected chi connectivity index (χ1v) is 10.0. The van der Waals surface area contributed by atoms with Gasteiger partial charge in [0.2, 0.25) is 11.8 Å². The molecule has 0 bridgehead atoms. The van der Waals surface area contributed by atoms with Gasteiger partial charge in [0.15, 0.2) is 0 Å². The number of ketones is 1. The average Bonchev–Trinajstić information content (AvgIpc) is 2.72. The molecule has 1 heterocycles. The quantitative estimate of drug-likeness (QED) is 0.819. The zero-order valence-corrected chi connectivity index (χ0v) is 17.0. The number of fused-ring (bicyclic) bond motifs is 1. The molecule has 2 aromatic rings. The van der Waals surface area contributed by atoms with E-state index in [1.165, 1.54) is 0 Å². The number of anilines is 1. The molecule has 1 saturated heterocycles. The van der Waals surface area contributed by atoms with Crippen molar-refractivity contribution in [2.75, 3.05) is 12.4 Å². The van der Waals surface area contributed by atoms with Crippen LogP contribution in [0, 0.1) is 18.8 Å². The van der Waals surface area contributed by atoms with E-state index in [1.807, 2.05) is 55.5 Å². The molecular formula is C24H24N2O4. The molecule has 0 spiro atoms. The Labute approximate surface area is 175 Å². The minimum Gasteiger partial charge on any atom is -0.497 e. The van der Waals surface area contributed by atoms with Crippen LogP contribution in [0.1, 0.15) is 29.9 Å². The average molecular weight is 404 g/mol. The molecule has 0 aromatic heterocycles. The largest absolute Gasteiger partial charge is 0.497 e. The summed E-state index contributed by atoms with van der Waals surface area (Å²) >= 11 is 0. The van der Waals surface area contributed by atoms with E-state index in [-0.39, 0.29) is 29.9 Å². The smallest absolute Gasteiger partial charge is 0.229 e. The highest BCUT2D eigenvalue weighted by Gasteiger charge is 2.44. The lowest BCUT2D eigenvalue weighted by atomic mass is 9.72. The number of rotatable bonds is 4. The Kier molecular flexibility index (Phi) is 5.40. The summed E-state index contributed by atoms with van der Waals surface area (Å²) in [5.74, 6) is -1.32. The number of hydrogen-bond acceptors (Lipinski definition) is 4. The van der Waals surface area contributed by atoms with E-state index in [0.29, 0.717) is 17.8 Å². The predicted octanol–water partition coefficient (Wildman–Crippen LogP) is 3.33. The topological polar surface area (TPSA) is 84.5 Å². The molecule has 30 heavy (non-hydrogen) atoms. The third-order valence-corrected chi connectivity index (χ3v) is 5.74. The first-order chi connectivity index (χ1) is 14.4. The summed E-state index contributed by atoms with van der Waals surface area (Å²) in [5.41, 5.74) is 3.19. The van der Waals surface area contributed by atoms with Gasteiger partial charge in [-0.15, -0.1) is 0 Å². The van der Waals surface area contributed by atoms with Crippen LogP contribution in [0.3, 0.4) is 0 Å². The van der Waals surface area contributed by atoms with Crippen molar-refractivity contribution in [2.24, 2.45) is 11.8 Å². The van der Waals surface area contributed by atoms with Crippen LogP contribution < -0.4 is 15.4 Å². The van der Waals surface area contributed by atoms with Gasteiger partial charge < -0.3 is 15.4 Å². The maximum Gasteiger partial charge on any atom is 0.229 e. The van der Waals surface area contributed by atoms with Crippen molar-refractivity contribution in [3.63, 3.8) is 0 Å². The highest BCUT2D eigenvalue weighted by Crippen LogP contribution is 2.39. The number of hydrogen-bond donors (Lipinski definition) is 2. The van der Waals surface area contributed by atoms with Crippen LogP contribution in [-0.2, 0) is 14.4 Å². The highest BCUT2D eigenvalue weighted by molar-refractivity contribution is 6.02. The lowest BCUT2D eigenvalue weighted by Gasteiger charge is -2.36. The van der Waals surface area contributed by atoms with E-state index >= 15 is 0 Å². The molecule has 1 aliphatic heterocycles. The summed E-state index contributed by atoms with van der Waals surface area (Å²) in [6, 6.07) is 15.0. The van der Waals surface area contributed by atoms with Crippen LogP contribution >= 0.6 is 0 Å². The van der Waals surface area contributed by atoms with Crippen molar-refractivity contribution in [2.45, 2.75) is 25.7 Å². The van der Waals surface area contributed by atoms with Crippen molar-refractivity contribution in [3.8, 4) is 5.75 Å². The van der Waals surface area contributed by atoms with Crippen LogP contribution in [0.15, 0.2) is 60.3 Å². The van der Waals surface area contributed by atoms with E-state index in [9.17, 15) is 14.4 Å². The monoisotopic (exact) mass is 404 g/mol. The van der Waals surface area contributed by atoms with Crippen LogP contribution in [0.25, 0.3) is 0 Å². The van der Waals surface area contributed by atoms with Gasteiger partial charge in [0.05, 0.1) is 18.9 Å². The second-order valence-electron chi connectivity index (χ2n) is 7.87. The molecule has 1 fully saturated rings. The SMILES string of the molecule is COc1ccc([C@@H]2C=C3NC(=O)C[C@@H](C(=O)Nc4cccc(C)c4)[C@H]3C(=O)C2)cc1. The molecule has 0 saturated carbocycles. The van der Waals surface area contributed by atoms with Crippen LogP contribution in [0.4, 0.5) is 5.69 Å². The van der Waals surface area contributed by atoms with Crippen molar-refractivity contribution in [1.29, 1.82) is 0 Å². The molecule has 0 unspecified atom stereocenters. The lowest BCUT2D eigenvalue weighted by molar-refractivity contribution is -0.136. The number of benzene rings is 2. The first-order valence-electron chi connectivity index (χ1n) is 10.0. The Morgan fingerprint density at radius 3 is 2.57 bits per heavy atom. The van der Waals surface area contributed by atoms with Crippen molar-refractivity contribution >= 4 is 23.3 Å². The van der Waals surface area contributed by atoms with Gasteiger partial charge in [0.25, 0.3) is 0 Å². The Hall–Kier alpha value is -3.41. The summed E-state index contributed by atoms with van der Waals surface area (Å²) < 4.78 is 5.19. The van der Waals surface area contributed by atoms with Gasteiger partial charge in [0.1, 0.15) is 11.5 Å². The molecule has 6 nitrogen and oxygen atoms in total. The Balaban J connectivity index is 1.59. The minimum atomic E-state index is -0.713. The second kappa shape index (κ2) is 8.14. The molecule has 0 radical (unpaired) electrons. The summed E-state index contributed by atoms with van der Waals surface area (Å²) in [7, 11) is 1.60. The summed E-state index contributed by atoms with van der Waals surface area (Å²) in [6.45, 7) is 1.94. The third-order valence-electron chi connectivity index (χ3n) is 5.74. The summed E-state index contributed by atoms with van der Waals surface area (Å²) in [5, 5.41) is 5.70. The number of carbonyl (C=O) groups is 3. The normalized spacial score (nSPS) is 23.1. The molecule has 2 aliphatic rings. The second-order valence-corrected chi connectivity index (χ2v) is 7.87. The number of ether oxygens (including phenoxy) is 1. The predicted molar refractivity (Wildman–Crippen MR) is 113 cm³/mol. The molecule has 4 rings (SSSR count). The number of allylic oxidation sites excluding steroid dienone is 2. The van der Waals surface area contributed by atoms with E-state index in [4.69, 9.17) is 4.74 Å². The summed E-state index contributed by atoms with van der Waals surface area (Å²) in [6.07, 6.45) is 2.21. The zero-order chi connectivity index (χ0) is 21.3. The fourth-order valence-electron chi connectivity index (χ4n) is 4.25. The summed E-state index contributed by atoms with van der Waals surface area (Å²) in [4.78, 5) is 38.3. The van der Waals surface area contributed by atoms with Gasteiger partial charge in [-0.05, 0) is 42.3 Å². The molecule has 2 amide bonds. The number of carbonyl (C=O) groups excluding carboxylic acids is 3. The Morgan fingerprint density at radius 2 is 1.87 bits per heavy atom. The van der Waals surface area contributed by atoms with E-state index in [0.717, 1.165) is 16.9 Å². The first kappa shape index (κ1) is 19.9. The van der Waals surface area contributed by atoms with Gasteiger partial charge in [0, 0.05) is 30.1 Å². The molecule has 2 N–H and O–H groups in total. The standard InChI is InChI=1S/C24H24N2O4/c1-14-4-3-5-17(10-14)25-24(29)19-13-22(28)26-20-11-16(12-21(27)23(19)20)15-6-8-18(30-2)9-7-15/h3-11,16,19,23H,12-13H2,1-2H3,(H,25,29)(H,26,28)/t16-,19-,23-/m1/s1. The molecule has 3 atom stereocenters. The number of Topliss-reactive ketones (excluding diaryl/α,β-unsaturated/α-hetero) is 1. The van der Waals surface area contributed by atoms with Crippen molar-refractivity contribution < 1.29 is 19.1 Å². The van der Waals surface area contributed by atoms with E-state index in [2.05, 4.69) is 10.6 Å². The van der Waals surface area contributed by atoms with Crippen molar-refractivity contribution in [3.05, 3.63) is 71.4 Å². The lowest BCUT2D eigenvalue weighted by Crippen LogP contribution is -2.48. The molecule has 2 aromatic carbocycles. The molecule has 6 heteroatoms. The van der Waals surface area contributed by atoms with Crippen LogP contribution in [0.2, 0.25) is 0 Å². The van der Waals surface area contributed by atoms with Gasteiger partial charge in [-0.25, -0.2) is 0 Å². The molecule has 154 valence electrons. The molecule has 1 aliphatic carbocycles. The van der Waals surface area contributed by atoms with Gasteiger partial charge in [-0.1, -0.05) is 30.3 Å². The maximum atomic E-state index is 13.1. The fourth-order valence-corrected chi connectivity index (χ4v) is 4.25. The van der Waals surface area contributed by atoms with Gasteiger partial charge in [-0.3, -0.25) is 14.4 Å². The van der Waals surface area contributed by atoms with E-state index in [1.54, 1.807) is 13.2 Å². The number of nitrogens with one attached hydrogen (secondary N) is 2. The number of methoxy groups -OCH3 is 1. The number of aryl methyl sites for hydroxylation is 1. The molecular weight excluding hydrogens is 380 g/mol. The van der Waals surface area contributed by atoms with Crippen molar-refractivity contribution in [1.82, 2.24) is 5.32 Å². The Morgan fingerprint density at radius 1 is 1.10 bits per heavy atom. The van der Waals surface area contributed by atoms with Gasteiger partial charge >= 0.3 is 0 Å². The van der Waals surface area contributed by atoms with Crippen LogP contribution in [-0.4, -0.2) is 24.7 Å². The maximum absolute atomic E-state index is 13.1. The minimum absolute atomic E-state index is 0.00139. The highest BCUT2D eigenvalue weighted by atomic mass is 16.5. The van der Waals surface area contributed by atoms with Gasteiger partial charge in [-0.2, -0.15) is 0 Å². The zero-order valence-electron chi connectivity index (χ0n) is 17.0. The van der Waals surface area contributed by atoms with E-state index < -0.39 is 11.8 Å². The Bertz CT molecular complexity index is 1030. The van der Waals surface area contributed by atoms with Crippen LogP contribution in [0.5, 0.6) is 5.75 Å². The number of amides is 2. The third kappa shape index (κ3) is 3.99. The number of piperidine rings is 1.